The molecule has 0 saturated carbocycles. The predicted octanol–water partition coefficient (Wildman–Crippen LogP) is -11.0. The third-order valence-corrected chi connectivity index (χ3v) is 16.9. The summed E-state index contributed by atoms with van der Waals surface area (Å²) in [4.78, 5) is 192. The molecule has 36 N–H and O–H groups in total. The van der Waals surface area contributed by atoms with Crippen LogP contribution in [0.2, 0.25) is 0 Å². The number of primary amides is 1. The van der Waals surface area contributed by atoms with Crippen molar-refractivity contribution in [2.75, 3.05) is 45.1 Å². The van der Waals surface area contributed by atoms with Gasteiger partial charge in [0.15, 0.2) is 11.9 Å². The molecule has 15 atom stereocenters. The summed E-state index contributed by atoms with van der Waals surface area (Å²) in [5.74, 6) is -17.5. The predicted molar refractivity (Wildman–Crippen MR) is 403 cm³/mol. The van der Waals surface area contributed by atoms with Crippen LogP contribution in [0.4, 0.5) is 0 Å². The quantitative estimate of drug-likeness (QED) is 0.0127. The van der Waals surface area contributed by atoms with Crippen molar-refractivity contribution in [2.24, 2.45) is 40.1 Å². The Morgan fingerprint density at radius 1 is 0.445 bits per heavy atom. The molecule has 0 saturated heterocycles. The number of amides is 13. The first-order chi connectivity index (χ1) is 51.6. The number of phenolic OH excluding ortho intramolecular Hbond substituents is 2. The molecule has 0 fully saturated rings. The summed E-state index contributed by atoms with van der Waals surface area (Å²) >= 11 is 8.66. The Bertz CT molecular complexity index is 3470. The lowest BCUT2D eigenvalue weighted by Gasteiger charge is -2.33. The van der Waals surface area contributed by atoms with E-state index in [-0.39, 0.29) is 89.2 Å². The highest BCUT2D eigenvalue weighted by molar-refractivity contribution is 7.81. The maximum atomic E-state index is 14.3. The zero-order valence-corrected chi connectivity index (χ0v) is 62.9. The number of carbonyl (C=O) groups excluding carboxylic acids is 13. The van der Waals surface area contributed by atoms with E-state index in [1.165, 1.54) is 69.3 Å². The van der Waals surface area contributed by atoms with Crippen LogP contribution in [0.3, 0.4) is 0 Å². The van der Waals surface area contributed by atoms with Gasteiger partial charge in [0.1, 0.15) is 90.0 Å². The number of nitrogens with one attached hydrogen (secondary N) is 16. The number of benzene rings is 2. The van der Waals surface area contributed by atoms with E-state index < -0.39 is 222 Å². The van der Waals surface area contributed by atoms with Crippen molar-refractivity contribution < 1.29 is 97.8 Å². The number of guanidine groups is 2. The number of phenols is 2. The van der Waals surface area contributed by atoms with Gasteiger partial charge in [0.25, 0.3) is 0 Å². The Kier molecular flexibility index (Phi) is 41.9. The number of nitrogens with two attached hydrogens (primary N) is 7. The number of carboxylic acid groups (broad SMARTS) is 1. The van der Waals surface area contributed by atoms with Crippen LogP contribution in [-0.4, -0.2) is 266 Å². The van der Waals surface area contributed by atoms with E-state index in [0.717, 1.165) is 6.92 Å². The van der Waals surface area contributed by atoms with Crippen molar-refractivity contribution in [3.05, 3.63) is 59.7 Å². The van der Waals surface area contributed by atoms with Gasteiger partial charge >= 0.3 is 5.97 Å². The van der Waals surface area contributed by atoms with Crippen LogP contribution in [0, 0.1) is 10.8 Å². The SMILES string of the molecule is C[C@@H](O)[C@H](N)C(=O)N[C@@H](Cc1ccc(O)cc1)C(=O)N[C@H](C(=O)N[C@@H](CC(N)=O)C(=O)N[C@@H](CCCNC(=N)N)C(=O)N[C@@H](CCN)C(=O)N[C@H](C(=O)N[C@H](CCN)C(=O)N[C@@H](CO)C(=O)N[C@@H](CS)C(=O)N[C@@H](CCN)C(=O)N[C@@H](CCCNC(=N)N)C(=O)N[C@@H](Cc1ccc(O)cc1)C(=O)O)[C@@H](C)O)C(C)(C)S. The van der Waals surface area contributed by atoms with Crippen molar-refractivity contribution in [1.29, 1.82) is 10.8 Å². The molecule has 2 aromatic carbocycles. The number of thiol groups is 2. The van der Waals surface area contributed by atoms with Crippen molar-refractivity contribution in [3.8, 4) is 11.5 Å². The van der Waals surface area contributed by atoms with Crippen LogP contribution >= 0.6 is 25.3 Å². The van der Waals surface area contributed by atoms with Gasteiger partial charge in [0.2, 0.25) is 76.8 Å². The molecule has 0 heterocycles. The molecule has 614 valence electrons. The molecule has 45 heteroatoms. The average molecular weight is 1590 g/mol. The fraction of sp³-hybridized carbons (Fsp3) is 0.569. The van der Waals surface area contributed by atoms with E-state index in [1.54, 1.807) is 0 Å². The monoisotopic (exact) mass is 1590 g/mol. The van der Waals surface area contributed by atoms with Crippen LogP contribution in [0.1, 0.15) is 90.2 Å². The third-order valence-electron chi connectivity index (χ3n) is 16.3. The van der Waals surface area contributed by atoms with E-state index in [9.17, 15) is 97.8 Å². The van der Waals surface area contributed by atoms with Gasteiger partial charge in [-0.1, -0.05) is 24.3 Å². The minimum Gasteiger partial charge on any atom is -0.508 e. The Hall–Kier alpha value is -10.4. The lowest BCUT2D eigenvalue weighted by atomic mass is 9.99. The smallest absolute Gasteiger partial charge is 0.326 e. The largest absolute Gasteiger partial charge is 0.508 e. The molecule has 0 aliphatic heterocycles. The molecule has 0 unspecified atom stereocenters. The van der Waals surface area contributed by atoms with Gasteiger partial charge in [-0.05, 0) is 128 Å². The number of aliphatic hydroxyl groups excluding tert-OH is 3. The molecular formula is C65H107N23O20S2. The Labute approximate surface area is 644 Å². The van der Waals surface area contributed by atoms with Gasteiger partial charge in [-0.2, -0.15) is 25.3 Å². The summed E-state index contributed by atoms with van der Waals surface area (Å²) in [6.45, 7) is 2.97. The van der Waals surface area contributed by atoms with Crippen LogP contribution in [0.15, 0.2) is 48.5 Å². The highest BCUT2D eigenvalue weighted by Crippen LogP contribution is 2.20. The number of rotatable bonds is 50. The van der Waals surface area contributed by atoms with Gasteiger partial charge in [-0.25, -0.2) is 4.79 Å². The number of carboxylic acids is 1. The molecule has 13 amide bonds. The fourth-order valence-corrected chi connectivity index (χ4v) is 10.7. The number of hydrogen-bond acceptors (Lipinski definition) is 27. The van der Waals surface area contributed by atoms with Gasteiger partial charge < -0.3 is 145 Å². The number of aromatic hydroxyl groups is 2. The summed E-state index contributed by atoms with van der Waals surface area (Å²) in [6.07, 6.45) is -6.08. The van der Waals surface area contributed by atoms with Crippen molar-refractivity contribution in [1.82, 2.24) is 74.4 Å². The molecule has 2 rings (SSSR count). The lowest BCUT2D eigenvalue weighted by Crippen LogP contribution is -2.64. The maximum Gasteiger partial charge on any atom is 0.326 e. The maximum absolute atomic E-state index is 14.3. The van der Waals surface area contributed by atoms with Crippen molar-refractivity contribution >= 4 is 120 Å². The first-order valence-corrected chi connectivity index (χ1v) is 35.7. The minimum atomic E-state index is -1.96. The molecule has 0 aliphatic carbocycles. The molecule has 0 aromatic heterocycles. The molecule has 110 heavy (non-hydrogen) atoms. The Morgan fingerprint density at radius 3 is 1.14 bits per heavy atom. The average Bonchev–Trinajstić information content (AvgIpc) is 0.823. The highest BCUT2D eigenvalue weighted by atomic mass is 32.1. The third kappa shape index (κ3) is 34.4. The number of carbonyl (C=O) groups is 14. The second-order valence-electron chi connectivity index (χ2n) is 26.0. The number of aliphatic hydroxyl groups is 3. The van der Waals surface area contributed by atoms with E-state index in [4.69, 9.17) is 51.0 Å². The topological polar surface area (TPSA) is 759 Å². The Balaban J connectivity index is 2.37. The number of hydrogen-bond donors (Lipinski definition) is 31. The fourth-order valence-electron chi connectivity index (χ4n) is 10.2. The summed E-state index contributed by atoms with van der Waals surface area (Å²) in [5.41, 5.74) is 40.5. The van der Waals surface area contributed by atoms with Crippen LogP contribution < -0.4 is 115 Å². The van der Waals surface area contributed by atoms with Gasteiger partial charge in [0, 0.05) is 36.4 Å². The first-order valence-electron chi connectivity index (χ1n) is 34.6. The van der Waals surface area contributed by atoms with Crippen molar-refractivity contribution in [3.63, 3.8) is 0 Å². The zero-order valence-electron chi connectivity index (χ0n) is 61.1. The van der Waals surface area contributed by atoms with E-state index in [1.807, 2.05) is 0 Å². The molecule has 0 aliphatic rings. The molecule has 0 bridgehead atoms. The van der Waals surface area contributed by atoms with E-state index >= 15 is 0 Å². The number of aliphatic carboxylic acids is 1. The van der Waals surface area contributed by atoms with E-state index in [2.05, 4.69) is 99.7 Å². The second kappa shape index (κ2) is 48.2. The summed E-state index contributed by atoms with van der Waals surface area (Å²) in [6, 6.07) is -10.7. The first kappa shape index (κ1) is 95.7. The summed E-state index contributed by atoms with van der Waals surface area (Å²) in [7, 11) is 0. The lowest BCUT2D eigenvalue weighted by molar-refractivity contribution is -0.142. The second-order valence-corrected chi connectivity index (χ2v) is 27.5. The normalized spacial score (nSPS) is 15.3. The van der Waals surface area contributed by atoms with Crippen LogP contribution in [-0.2, 0) is 80.0 Å². The van der Waals surface area contributed by atoms with Gasteiger partial charge in [0.05, 0.1) is 25.2 Å². The van der Waals surface area contributed by atoms with Crippen LogP contribution in [0.5, 0.6) is 11.5 Å². The minimum absolute atomic E-state index is 0.0408. The zero-order chi connectivity index (χ0) is 83.3. The molecule has 0 spiro atoms. The van der Waals surface area contributed by atoms with Gasteiger partial charge in [-0.3, -0.25) is 73.1 Å². The molecule has 43 nitrogen and oxygen atoms in total. The van der Waals surface area contributed by atoms with Gasteiger partial charge in [-0.15, -0.1) is 0 Å². The van der Waals surface area contributed by atoms with E-state index in [0.29, 0.717) is 11.1 Å². The summed E-state index contributed by atoms with van der Waals surface area (Å²) in [5, 5.41) is 109. The van der Waals surface area contributed by atoms with Crippen molar-refractivity contribution in [2.45, 2.75) is 187 Å². The highest BCUT2D eigenvalue weighted by Gasteiger charge is 2.41. The summed E-state index contributed by atoms with van der Waals surface area (Å²) < 4.78 is -1.51. The standard InChI is InChI=1S/C65H107N23O20S2/c1-30(90)47(70)59(104)82-41(25-32-9-13-34(92)14-10-32)56(101)88-49(65(3,4)110)61(106)83-42(27-46(69)94)55(100)78-36(7-5-23-75-63(71)72)50(95)79-40(19-22-68)54(99)87-48(31(2)91)60(105)81-39(18-21-67)53(98)85-44(28-89)57(102)86-45(29-109)58(103)80-38(17-20-66)52(97)77-37(8-6-24-76-64(73)74)51(96)84-43(62(107)108)26-33-11-15-35(93)16-12-33/h9-16,30-31,36-45,47-49,89-93,109-110H,5-8,17-29,66-68,70H2,1-4H3,(H2,69,94)(H,77,97)(H,78,100)(H,79,95)(H,80,103)(H,81,105)(H,82,104)(H,83,106)(H,84,96)(H,85,98)(H,86,102)(H,87,99)(H,88,101)(H,107,108)(H4,71,72,75)(H4,73,74,76)/t30-,31-,36+,37+,38+,39-,40+,41+,42+,43+,44+,45+,47+,48+,49-/m1/s1. The molecule has 0 radical (unpaired) electrons. The molecule has 2 aromatic rings. The van der Waals surface area contributed by atoms with Crippen LogP contribution in [0.25, 0.3) is 0 Å². The molecular weight excluding hydrogens is 1490 g/mol. The Morgan fingerprint density at radius 2 is 0.773 bits per heavy atom.